The number of carbonyl (C=O) groups excluding carboxylic acids is 1. The Kier molecular flexibility index (Phi) is 6.29. The molecule has 0 saturated carbocycles. The van der Waals surface area contributed by atoms with Gasteiger partial charge in [0.1, 0.15) is 5.75 Å². The van der Waals surface area contributed by atoms with Crippen LogP contribution < -0.4 is 10.2 Å². The van der Waals surface area contributed by atoms with Gasteiger partial charge in [0.2, 0.25) is 5.91 Å². The van der Waals surface area contributed by atoms with Crippen molar-refractivity contribution >= 4 is 23.2 Å². The fourth-order valence-corrected chi connectivity index (χ4v) is 3.32. The summed E-state index contributed by atoms with van der Waals surface area (Å²) < 4.78 is 5.71. The number of hydrogen-bond acceptors (Lipinski definition) is 3. The third kappa shape index (κ3) is 4.85. The van der Waals surface area contributed by atoms with Crippen molar-refractivity contribution in [1.29, 1.82) is 0 Å². The Balaban J connectivity index is 1.45. The van der Waals surface area contributed by atoms with Crippen LogP contribution in [0.1, 0.15) is 42.4 Å². The zero-order valence-corrected chi connectivity index (χ0v) is 15.7. The average molecular weight is 371 g/mol. The number of hydrazone groups is 1. The van der Waals surface area contributed by atoms with Crippen molar-refractivity contribution in [3.8, 4) is 5.75 Å². The SMILES string of the molecule is Cc1cc(Cl)ccc1OCCCC(=O)NN=C1CCCc2ccccc21. The molecule has 2 aromatic carbocycles. The van der Waals surface area contributed by atoms with Crippen LogP contribution in [0, 0.1) is 6.92 Å². The molecule has 1 amide bonds. The minimum atomic E-state index is -0.0861. The van der Waals surface area contributed by atoms with Gasteiger partial charge in [0.05, 0.1) is 12.3 Å². The molecule has 4 nitrogen and oxygen atoms in total. The van der Waals surface area contributed by atoms with Crippen LogP contribution in [0.2, 0.25) is 5.02 Å². The van der Waals surface area contributed by atoms with Gasteiger partial charge in [-0.25, -0.2) is 5.43 Å². The molecule has 0 saturated heterocycles. The molecule has 3 rings (SSSR count). The normalized spacial score (nSPS) is 14.8. The lowest BCUT2D eigenvalue weighted by Gasteiger charge is -2.17. The molecule has 0 atom stereocenters. The summed E-state index contributed by atoms with van der Waals surface area (Å²) in [6.45, 7) is 2.43. The van der Waals surface area contributed by atoms with Crippen molar-refractivity contribution in [3.05, 3.63) is 64.2 Å². The second-order valence-corrected chi connectivity index (χ2v) is 6.90. The van der Waals surface area contributed by atoms with Crippen LogP contribution in [-0.4, -0.2) is 18.2 Å². The Morgan fingerprint density at radius 3 is 2.92 bits per heavy atom. The first-order valence-corrected chi connectivity index (χ1v) is 9.34. The summed E-state index contributed by atoms with van der Waals surface area (Å²) >= 11 is 5.93. The van der Waals surface area contributed by atoms with E-state index in [9.17, 15) is 4.79 Å². The predicted octanol–water partition coefficient (Wildman–Crippen LogP) is 4.66. The summed E-state index contributed by atoms with van der Waals surface area (Å²) in [7, 11) is 0. The number of hydrogen-bond donors (Lipinski definition) is 1. The van der Waals surface area contributed by atoms with Gasteiger partial charge in [0, 0.05) is 17.0 Å². The first-order valence-electron chi connectivity index (χ1n) is 8.96. The third-order valence-corrected chi connectivity index (χ3v) is 4.68. The molecule has 0 heterocycles. The number of benzene rings is 2. The highest BCUT2D eigenvalue weighted by atomic mass is 35.5. The summed E-state index contributed by atoms with van der Waals surface area (Å²) in [6.07, 6.45) is 4.06. The monoisotopic (exact) mass is 370 g/mol. The van der Waals surface area contributed by atoms with Crippen LogP contribution in [0.15, 0.2) is 47.6 Å². The molecule has 26 heavy (non-hydrogen) atoms. The van der Waals surface area contributed by atoms with E-state index in [1.54, 1.807) is 6.07 Å². The zero-order chi connectivity index (χ0) is 18.4. The second kappa shape index (κ2) is 8.86. The topological polar surface area (TPSA) is 50.7 Å². The highest BCUT2D eigenvalue weighted by molar-refractivity contribution is 6.30. The lowest BCUT2D eigenvalue weighted by atomic mass is 9.90. The van der Waals surface area contributed by atoms with E-state index in [-0.39, 0.29) is 5.91 Å². The van der Waals surface area contributed by atoms with Crippen LogP contribution in [0.4, 0.5) is 0 Å². The minimum absolute atomic E-state index is 0.0861. The number of aryl methyl sites for hydroxylation is 2. The molecule has 0 aliphatic heterocycles. The van der Waals surface area contributed by atoms with Gasteiger partial charge in [-0.15, -0.1) is 0 Å². The van der Waals surface area contributed by atoms with Crippen LogP contribution >= 0.6 is 11.6 Å². The predicted molar refractivity (Wildman–Crippen MR) is 105 cm³/mol. The van der Waals surface area contributed by atoms with Crippen molar-refractivity contribution in [2.45, 2.75) is 39.0 Å². The number of carbonyl (C=O) groups is 1. The molecule has 2 aromatic rings. The maximum Gasteiger partial charge on any atom is 0.240 e. The molecule has 1 N–H and O–H groups in total. The zero-order valence-electron chi connectivity index (χ0n) is 14.9. The molecule has 1 aliphatic carbocycles. The third-order valence-electron chi connectivity index (χ3n) is 4.45. The number of nitrogens with zero attached hydrogens (tertiary/aromatic N) is 1. The van der Waals surface area contributed by atoms with Crippen molar-refractivity contribution in [2.24, 2.45) is 5.10 Å². The lowest BCUT2D eigenvalue weighted by Crippen LogP contribution is -2.22. The molecular weight excluding hydrogens is 348 g/mol. The molecule has 5 heteroatoms. The Hall–Kier alpha value is -2.33. The second-order valence-electron chi connectivity index (χ2n) is 6.47. The van der Waals surface area contributed by atoms with Crippen LogP contribution in [0.3, 0.4) is 0 Å². The maximum atomic E-state index is 12.0. The number of fused-ring (bicyclic) bond motifs is 1. The lowest BCUT2D eigenvalue weighted by molar-refractivity contribution is -0.121. The molecule has 0 spiro atoms. The molecule has 0 radical (unpaired) electrons. The molecule has 0 aromatic heterocycles. The van der Waals surface area contributed by atoms with Gasteiger partial charge in [0.15, 0.2) is 0 Å². The van der Waals surface area contributed by atoms with E-state index in [1.165, 1.54) is 5.56 Å². The van der Waals surface area contributed by atoms with Crippen LogP contribution in [-0.2, 0) is 11.2 Å². The number of ether oxygens (including phenoxy) is 1. The Morgan fingerprint density at radius 2 is 2.08 bits per heavy atom. The van der Waals surface area contributed by atoms with Gasteiger partial charge >= 0.3 is 0 Å². The van der Waals surface area contributed by atoms with Gasteiger partial charge in [-0.3, -0.25) is 4.79 Å². The van der Waals surface area contributed by atoms with Crippen LogP contribution in [0.5, 0.6) is 5.75 Å². The van der Waals surface area contributed by atoms with Gasteiger partial charge in [-0.2, -0.15) is 5.10 Å². The quantitative estimate of drug-likeness (QED) is 0.593. The Morgan fingerprint density at radius 1 is 1.23 bits per heavy atom. The fraction of sp³-hybridized carbons (Fsp3) is 0.333. The van der Waals surface area contributed by atoms with Crippen molar-refractivity contribution in [2.75, 3.05) is 6.61 Å². The first-order chi connectivity index (χ1) is 12.6. The van der Waals surface area contributed by atoms with Gasteiger partial charge < -0.3 is 4.74 Å². The van der Waals surface area contributed by atoms with Crippen molar-refractivity contribution in [1.82, 2.24) is 5.43 Å². The largest absolute Gasteiger partial charge is 0.493 e. The van der Waals surface area contributed by atoms with E-state index >= 15 is 0 Å². The molecule has 0 unspecified atom stereocenters. The van der Waals surface area contributed by atoms with Crippen molar-refractivity contribution < 1.29 is 9.53 Å². The van der Waals surface area contributed by atoms with Crippen LogP contribution in [0.25, 0.3) is 0 Å². The smallest absolute Gasteiger partial charge is 0.240 e. The summed E-state index contributed by atoms with van der Waals surface area (Å²) in [4.78, 5) is 12.0. The summed E-state index contributed by atoms with van der Waals surface area (Å²) in [5.74, 6) is 0.714. The van der Waals surface area contributed by atoms with E-state index in [2.05, 4.69) is 22.7 Å². The number of nitrogens with one attached hydrogen (secondary N) is 1. The maximum absolute atomic E-state index is 12.0. The minimum Gasteiger partial charge on any atom is -0.493 e. The van der Waals surface area contributed by atoms with E-state index in [4.69, 9.17) is 16.3 Å². The fourth-order valence-electron chi connectivity index (χ4n) is 3.09. The molecule has 1 aliphatic rings. The average Bonchev–Trinajstić information content (AvgIpc) is 2.65. The number of halogens is 1. The summed E-state index contributed by atoms with van der Waals surface area (Å²) in [5, 5.41) is 5.04. The van der Waals surface area contributed by atoms with Gasteiger partial charge in [-0.1, -0.05) is 35.9 Å². The van der Waals surface area contributed by atoms with E-state index in [0.717, 1.165) is 41.9 Å². The standard InChI is InChI=1S/C21H23ClN2O2/c1-15-14-17(22)11-12-20(15)26-13-5-10-21(25)24-23-19-9-4-7-16-6-2-3-8-18(16)19/h2-3,6,8,11-12,14H,4-5,7,9-10,13H2,1H3,(H,24,25). The summed E-state index contributed by atoms with van der Waals surface area (Å²) in [6, 6.07) is 13.8. The molecular formula is C21H23ClN2O2. The van der Waals surface area contributed by atoms with Gasteiger partial charge in [0.25, 0.3) is 0 Å². The molecule has 0 bridgehead atoms. The number of rotatable bonds is 6. The van der Waals surface area contributed by atoms with E-state index in [0.29, 0.717) is 24.5 Å². The van der Waals surface area contributed by atoms with Gasteiger partial charge in [-0.05, 0) is 61.9 Å². The highest BCUT2D eigenvalue weighted by Gasteiger charge is 2.15. The molecule has 0 fully saturated rings. The Bertz CT molecular complexity index is 817. The number of amides is 1. The van der Waals surface area contributed by atoms with Crippen molar-refractivity contribution in [3.63, 3.8) is 0 Å². The summed E-state index contributed by atoms with van der Waals surface area (Å²) in [5.41, 5.74) is 7.10. The first kappa shape index (κ1) is 18.5. The van der Waals surface area contributed by atoms with E-state index in [1.807, 2.05) is 31.2 Å². The van der Waals surface area contributed by atoms with E-state index < -0.39 is 0 Å². The molecule has 136 valence electrons. The Labute approximate surface area is 159 Å². The highest BCUT2D eigenvalue weighted by Crippen LogP contribution is 2.22.